The molecule has 106 valence electrons. The molecular formula is C14H27NO3. The van der Waals surface area contributed by atoms with Gasteiger partial charge in [-0.2, -0.15) is 0 Å². The molecule has 0 radical (unpaired) electrons. The number of carbonyl (C=O) groups is 1. The molecule has 0 saturated carbocycles. The summed E-state index contributed by atoms with van der Waals surface area (Å²) in [6.45, 7) is 9.32. The SMILES string of the molecule is C[C@H](CCO)C1CCN(C(=O)O)C(C(C)(C)C)C1. The van der Waals surface area contributed by atoms with Crippen LogP contribution in [0, 0.1) is 17.3 Å². The molecule has 1 fully saturated rings. The van der Waals surface area contributed by atoms with Crippen LogP contribution in [0.4, 0.5) is 4.79 Å². The van der Waals surface area contributed by atoms with Crippen molar-refractivity contribution < 1.29 is 15.0 Å². The highest BCUT2D eigenvalue weighted by Gasteiger charge is 2.39. The van der Waals surface area contributed by atoms with Crippen LogP contribution in [0.25, 0.3) is 0 Å². The summed E-state index contributed by atoms with van der Waals surface area (Å²) in [7, 11) is 0. The highest BCUT2D eigenvalue weighted by molar-refractivity contribution is 5.65. The zero-order valence-corrected chi connectivity index (χ0v) is 12.0. The molecule has 1 heterocycles. The van der Waals surface area contributed by atoms with Gasteiger partial charge < -0.3 is 15.1 Å². The second-order valence-electron chi connectivity index (χ2n) is 6.63. The number of hydrogen-bond acceptors (Lipinski definition) is 2. The summed E-state index contributed by atoms with van der Waals surface area (Å²) in [5.74, 6) is 0.993. The van der Waals surface area contributed by atoms with Crippen LogP contribution in [0.15, 0.2) is 0 Å². The molecule has 1 rings (SSSR count). The molecule has 1 saturated heterocycles. The molecule has 4 nitrogen and oxygen atoms in total. The lowest BCUT2D eigenvalue weighted by molar-refractivity contribution is 0.0267. The Morgan fingerprint density at radius 2 is 2.06 bits per heavy atom. The summed E-state index contributed by atoms with van der Waals surface area (Å²) in [6, 6.07) is 0.0786. The molecule has 1 amide bonds. The molecule has 2 unspecified atom stereocenters. The predicted octanol–water partition coefficient (Wildman–Crippen LogP) is 2.81. The van der Waals surface area contributed by atoms with E-state index in [2.05, 4.69) is 27.7 Å². The van der Waals surface area contributed by atoms with Gasteiger partial charge in [-0.05, 0) is 36.5 Å². The van der Waals surface area contributed by atoms with Gasteiger partial charge in [0.05, 0.1) is 0 Å². The third-order valence-electron chi connectivity index (χ3n) is 4.28. The number of carboxylic acid groups (broad SMARTS) is 1. The summed E-state index contributed by atoms with van der Waals surface area (Å²) in [4.78, 5) is 12.9. The highest BCUT2D eigenvalue weighted by Crippen LogP contribution is 2.38. The number of rotatable bonds is 3. The van der Waals surface area contributed by atoms with E-state index in [1.807, 2.05) is 0 Å². The molecule has 2 N–H and O–H groups in total. The smallest absolute Gasteiger partial charge is 0.407 e. The van der Waals surface area contributed by atoms with E-state index in [9.17, 15) is 9.90 Å². The topological polar surface area (TPSA) is 60.8 Å². The minimum absolute atomic E-state index is 0.0318. The Morgan fingerprint density at radius 1 is 1.44 bits per heavy atom. The van der Waals surface area contributed by atoms with Gasteiger partial charge in [-0.1, -0.05) is 27.7 Å². The first kappa shape index (κ1) is 15.3. The molecule has 0 aliphatic carbocycles. The molecule has 0 bridgehead atoms. The second kappa shape index (κ2) is 5.91. The number of nitrogens with zero attached hydrogens (tertiary/aromatic N) is 1. The molecule has 0 aromatic heterocycles. The standard InChI is InChI=1S/C14H27NO3/c1-10(6-8-16)11-5-7-15(13(17)18)12(9-11)14(2,3)4/h10-12,16H,5-9H2,1-4H3,(H,17,18)/t10-,11?,12?/m1/s1. The van der Waals surface area contributed by atoms with Crippen LogP contribution in [0.2, 0.25) is 0 Å². The van der Waals surface area contributed by atoms with Crippen LogP contribution in [0.5, 0.6) is 0 Å². The Bertz CT molecular complexity index is 285. The number of hydrogen-bond donors (Lipinski definition) is 2. The van der Waals surface area contributed by atoms with Crippen molar-refractivity contribution in [1.29, 1.82) is 0 Å². The van der Waals surface area contributed by atoms with Crippen molar-refractivity contribution in [1.82, 2.24) is 4.90 Å². The first-order valence-corrected chi connectivity index (χ1v) is 6.87. The summed E-state index contributed by atoms with van der Waals surface area (Å²) in [6.07, 6.45) is 1.84. The fraction of sp³-hybridized carbons (Fsp3) is 0.929. The van der Waals surface area contributed by atoms with Crippen LogP contribution in [-0.4, -0.2) is 40.4 Å². The van der Waals surface area contributed by atoms with Crippen LogP contribution in [0.1, 0.15) is 47.0 Å². The van der Waals surface area contributed by atoms with E-state index in [-0.39, 0.29) is 18.1 Å². The molecule has 4 heteroatoms. The lowest BCUT2D eigenvalue weighted by atomic mass is 9.73. The van der Waals surface area contributed by atoms with E-state index in [4.69, 9.17) is 5.11 Å². The Hall–Kier alpha value is -0.770. The molecule has 0 aromatic rings. The minimum atomic E-state index is -0.803. The maximum absolute atomic E-state index is 11.3. The molecule has 3 atom stereocenters. The van der Waals surface area contributed by atoms with E-state index >= 15 is 0 Å². The highest BCUT2D eigenvalue weighted by atomic mass is 16.4. The zero-order valence-electron chi connectivity index (χ0n) is 12.0. The number of likely N-dealkylation sites (tertiary alicyclic amines) is 1. The van der Waals surface area contributed by atoms with E-state index in [0.29, 0.717) is 18.4 Å². The molecule has 18 heavy (non-hydrogen) atoms. The third kappa shape index (κ3) is 3.61. The first-order valence-electron chi connectivity index (χ1n) is 6.87. The first-order chi connectivity index (χ1) is 8.27. The Balaban J connectivity index is 2.77. The summed E-state index contributed by atoms with van der Waals surface area (Å²) in [5.41, 5.74) is -0.0318. The van der Waals surface area contributed by atoms with Gasteiger partial charge in [-0.25, -0.2) is 4.79 Å². The second-order valence-corrected chi connectivity index (χ2v) is 6.63. The summed E-state index contributed by atoms with van der Waals surface area (Å²) < 4.78 is 0. The largest absolute Gasteiger partial charge is 0.465 e. The fourth-order valence-electron chi connectivity index (χ4n) is 3.00. The van der Waals surface area contributed by atoms with Crippen LogP contribution >= 0.6 is 0 Å². The lowest BCUT2D eigenvalue weighted by Gasteiger charge is -2.46. The Labute approximate surface area is 110 Å². The third-order valence-corrected chi connectivity index (χ3v) is 4.28. The quantitative estimate of drug-likeness (QED) is 0.817. The minimum Gasteiger partial charge on any atom is -0.465 e. The zero-order chi connectivity index (χ0) is 13.9. The van der Waals surface area contributed by atoms with E-state index in [1.165, 1.54) is 0 Å². The van der Waals surface area contributed by atoms with Gasteiger partial charge in [-0.3, -0.25) is 0 Å². The van der Waals surface area contributed by atoms with E-state index in [1.54, 1.807) is 4.90 Å². The van der Waals surface area contributed by atoms with Crippen LogP contribution in [0.3, 0.4) is 0 Å². The van der Waals surface area contributed by atoms with Crippen molar-refractivity contribution in [2.45, 2.75) is 53.0 Å². The van der Waals surface area contributed by atoms with Gasteiger partial charge in [0.2, 0.25) is 0 Å². The van der Waals surface area contributed by atoms with Gasteiger partial charge in [0.15, 0.2) is 0 Å². The van der Waals surface area contributed by atoms with E-state index < -0.39 is 6.09 Å². The predicted molar refractivity (Wildman–Crippen MR) is 71.6 cm³/mol. The molecule has 1 aliphatic heterocycles. The van der Waals surface area contributed by atoms with Crippen LogP contribution in [-0.2, 0) is 0 Å². The number of aliphatic hydroxyl groups excluding tert-OH is 1. The van der Waals surface area contributed by atoms with Gasteiger partial charge >= 0.3 is 6.09 Å². The molecule has 1 aliphatic rings. The van der Waals surface area contributed by atoms with E-state index in [0.717, 1.165) is 19.3 Å². The number of piperidine rings is 1. The van der Waals surface area contributed by atoms with Crippen molar-refractivity contribution in [3.8, 4) is 0 Å². The number of aliphatic hydroxyl groups is 1. The fourth-order valence-corrected chi connectivity index (χ4v) is 3.00. The number of amides is 1. The maximum Gasteiger partial charge on any atom is 0.407 e. The Kier molecular flexibility index (Phi) is 5.02. The van der Waals surface area contributed by atoms with Gasteiger partial charge in [0.1, 0.15) is 0 Å². The monoisotopic (exact) mass is 257 g/mol. The van der Waals surface area contributed by atoms with Crippen molar-refractivity contribution in [3.63, 3.8) is 0 Å². The van der Waals surface area contributed by atoms with Crippen molar-refractivity contribution >= 4 is 6.09 Å². The molecule has 0 spiro atoms. The summed E-state index contributed by atoms with van der Waals surface area (Å²) in [5, 5.41) is 18.3. The molecular weight excluding hydrogens is 230 g/mol. The van der Waals surface area contributed by atoms with Crippen molar-refractivity contribution in [2.24, 2.45) is 17.3 Å². The molecule has 0 aromatic carbocycles. The van der Waals surface area contributed by atoms with Crippen molar-refractivity contribution in [2.75, 3.05) is 13.2 Å². The average molecular weight is 257 g/mol. The summed E-state index contributed by atoms with van der Waals surface area (Å²) >= 11 is 0. The maximum atomic E-state index is 11.3. The van der Waals surface area contributed by atoms with Gasteiger partial charge in [0.25, 0.3) is 0 Å². The lowest BCUT2D eigenvalue weighted by Crippen LogP contribution is -2.52. The normalized spacial score (nSPS) is 27.1. The van der Waals surface area contributed by atoms with Crippen LogP contribution < -0.4 is 0 Å². The Morgan fingerprint density at radius 3 is 2.50 bits per heavy atom. The average Bonchev–Trinajstić information content (AvgIpc) is 2.27. The van der Waals surface area contributed by atoms with Crippen molar-refractivity contribution in [3.05, 3.63) is 0 Å². The van der Waals surface area contributed by atoms with Gasteiger partial charge in [0, 0.05) is 19.2 Å². The van der Waals surface area contributed by atoms with Gasteiger partial charge in [-0.15, -0.1) is 0 Å².